The standard InChI is InChI=1S/C17H16N4/c1-21-11-13(15-4-2-3-5-17(15)21)9-18-14-7-6-12-10-19-20-16(12)8-14/h2-8,10-11,18H,9H2,1H3,(H,19,20). The van der Waals surface area contributed by atoms with Crippen molar-refractivity contribution in [1.29, 1.82) is 0 Å². The van der Waals surface area contributed by atoms with Gasteiger partial charge in [-0.2, -0.15) is 5.10 Å². The summed E-state index contributed by atoms with van der Waals surface area (Å²) in [6, 6.07) is 14.7. The van der Waals surface area contributed by atoms with Gasteiger partial charge in [0.1, 0.15) is 0 Å². The third-order valence-corrected chi connectivity index (χ3v) is 3.90. The van der Waals surface area contributed by atoms with Crippen molar-refractivity contribution in [3.05, 3.63) is 60.4 Å². The smallest absolute Gasteiger partial charge is 0.0670 e. The predicted octanol–water partition coefficient (Wildman–Crippen LogP) is 3.67. The molecular weight excluding hydrogens is 260 g/mol. The molecule has 0 bridgehead atoms. The largest absolute Gasteiger partial charge is 0.381 e. The Morgan fingerprint density at radius 2 is 2.10 bits per heavy atom. The van der Waals surface area contributed by atoms with Gasteiger partial charge < -0.3 is 9.88 Å². The number of hydrogen-bond donors (Lipinski definition) is 2. The first-order valence-electron chi connectivity index (χ1n) is 7.01. The minimum absolute atomic E-state index is 0.807. The summed E-state index contributed by atoms with van der Waals surface area (Å²) in [7, 11) is 2.09. The number of nitrogens with zero attached hydrogens (tertiary/aromatic N) is 2. The van der Waals surface area contributed by atoms with Gasteiger partial charge in [-0.25, -0.2) is 0 Å². The number of hydrogen-bond acceptors (Lipinski definition) is 2. The van der Waals surface area contributed by atoms with Gasteiger partial charge in [-0.05, 0) is 29.8 Å². The molecule has 0 unspecified atom stereocenters. The molecule has 4 heteroatoms. The molecule has 2 N–H and O–H groups in total. The lowest BCUT2D eigenvalue weighted by molar-refractivity contribution is 0.956. The second-order valence-electron chi connectivity index (χ2n) is 5.31. The van der Waals surface area contributed by atoms with Crippen LogP contribution in [0, 0.1) is 0 Å². The summed E-state index contributed by atoms with van der Waals surface area (Å²) in [6.45, 7) is 0.807. The van der Waals surface area contributed by atoms with Gasteiger partial charge in [0.25, 0.3) is 0 Å². The lowest BCUT2D eigenvalue weighted by atomic mass is 10.1. The van der Waals surface area contributed by atoms with Gasteiger partial charge in [0.15, 0.2) is 0 Å². The highest BCUT2D eigenvalue weighted by molar-refractivity contribution is 5.84. The van der Waals surface area contributed by atoms with Gasteiger partial charge in [0.05, 0.1) is 11.7 Å². The lowest BCUT2D eigenvalue weighted by Gasteiger charge is -2.05. The summed E-state index contributed by atoms with van der Waals surface area (Å²) in [6.07, 6.45) is 4.02. The Kier molecular flexibility index (Phi) is 2.67. The van der Waals surface area contributed by atoms with Crippen LogP contribution in [0.4, 0.5) is 5.69 Å². The van der Waals surface area contributed by atoms with Crippen LogP contribution in [0.3, 0.4) is 0 Å². The molecule has 0 aliphatic carbocycles. The molecule has 0 saturated carbocycles. The second kappa shape index (κ2) is 4.66. The number of aromatic nitrogens is 3. The van der Waals surface area contributed by atoms with E-state index < -0.39 is 0 Å². The number of anilines is 1. The zero-order valence-corrected chi connectivity index (χ0v) is 11.8. The molecule has 2 aromatic heterocycles. The molecular formula is C17H16N4. The summed E-state index contributed by atoms with van der Waals surface area (Å²) >= 11 is 0. The highest BCUT2D eigenvalue weighted by Gasteiger charge is 2.05. The number of para-hydroxylation sites is 1. The number of H-pyrrole nitrogens is 1. The van der Waals surface area contributed by atoms with Crippen molar-refractivity contribution < 1.29 is 0 Å². The highest BCUT2D eigenvalue weighted by atomic mass is 15.1. The predicted molar refractivity (Wildman–Crippen MR) is 86.3 cm³/mol. The van der Waals surface area contributed by atoms with E-state index in [1.807, 2.05) is 6.20 Å². The van der Waals surface area contributed by atoms with Gasteiger partial charge in [-0.3, -0.25) is 5.10 Å². The minimum atomic E-state index is 0.807. The SMILES string of the molecule is Cn1cc(CNc2ccc3cn[nH]c3c2)c2ccccc21. The molecule has 0 saturated heterocycles. The van der Waals surface area contributed by atoms with Gasteiger partial charge in [0, 0.05) is 41.8 Å². The van der Waals surface area contributed by atoms with E-state index in [1.165, 1.54) is 16.5 Å². The third-order valence-electron chi connectivity index (χ3n) is 3.90. The van der Waals surface area contributed by atoms with Crippen LogP contribution in [0.2, 0.25) is 0 Å². The van der Waals surface area contributed by atoms with Crippen molar-refractivity contribution in [3.63, 3.8) is 0 Å². The average Bonchev–Trinajstić information content (AvgIpc) is 3.10. The Hall–Kier alpha value is -2.75. The molecule has 21 heavy (non-hydrogen) atoms. The number of aryl methyl sites for hydroxylation is 1. The fraction of sp³-hybridized carbons (Fsp3) is 0.118. The molecule has 0 atom stereocenters. The summed E-state index contributed by atoms with van der Waals surface area (Å²) in [5, 5.41) is 13.0. The van der Waals surface area contributed by atoms with Crippen LogP contribution in [-0.2, 0) is 13.6 Å². The summed E-state index contributed by atoms with van der Waals surface area (Å²) in [4.78, 5) is 0. The molecule has 0 aliphatic heterocycles. The molecule has 0 amide bonds. The molecule has 0 aliphatic rings. The summed E-state index contributed by atoms with van der Waals surface area (Å²) < 4.78 is 2.17. The fourth-order valence-electron chi connectivity index (χ4n) is 2.81. The van der Waals surface area contributed by atoms with E-state index >= 15 is 0 Å². The van der Waals surface area contributed by atoms with Crippen molar-refractivity contribution in [2.24, 2.45) is 7.05 Å². The molecule has 4 aromatic rings. The first-order chi connectivity index (χ1) is 10.3. The maximum atomic E-state index is 4.05. The first-order valence-corrected chi connectivity index (χ1v) is 7.01. The van der Waals surface area contributed by atoms with Gasteiger partial charge >= 0.3 is 0 Å². The lowest BCUT2D eigenvalue weighted by Crippen LogP contribution is -1.98. The van der Waals surface area contributed by atoms with Crippen LogP contribution in [-0.4, -0.2) is 14.8 Å². The van der Waals surface area contributed by atoms with E-state index in [1.54, 1.807) is 0 Å². The van der Waals surface area contributed by atoms with E-state index in [2.05, 4.69) is 75.8 Å². The van der Waals surface area contributed by atoms with Crippen molar-refractivity contribution in [3.8, 4) is 0 Å². The molecule has 104 valence electrons. The Balaban J connectivity index is 1.63. The zero-order chi connectivity index (χ0) is 14.2. The number of fused-ring (bicyclic) bond motifs is 2. The van der Waals surface area contributed by atoms with E-state index in [4.69, 9.17) is 0 Å². The molecule has 2 aromatic carbocycles. The van der Waals surface area contributed by atoms with Crippen LogP contribution < -0.4 is 5.32 Å². The monoisotopic (exact) mass is 276 g/mol. The van der Waals surface area contributed by atoms with Crippen molar-refractivity contribution in [1.82, 2.24) is 14.8 Å². The molecule has 2 heterocycles. The van der Waals surface area contributed by atoms with Crippen LogP contribution >= 0.6 is 0 Å². The summed E-state index contributed by atoms with van der Waals surface area (Å²) in [5.41, 5.74) is 4.72. The van der Waals surface area contributed by atoms with Gasteiger partial charge in [-0.1, -0.05) is 18.2 Å². The topological polar surface area (TPSA) is 45.6 Å². The maximum Gasteiger partial charge on any atom is 0.0670 e. The summed E-state index contributed by atoms with van der Waals surface area (Å²) in [5.74, 6) is 0. The normalized spacial score (nSPS) is 11.3. The van der Waals surface area contributed by atoms with Crippen LogP contribution in [0.25, 0.3) is 21.8 Å². The van der Waals surface area contributed by atoms with Crippen LogP contribution in [0.1, 0.15) is 5.56 Å². The third kappa shape index (κ3) is 2.05. The van der Waals surface area contributed by atoms with Crippen molar-refractivity contribution >= 4 is 27.5 Å². The van der Waals surface area contributed by atoms with Crippen LogP contribution in [0.15, 0.2) is 54.9 Å². The first kappa shape index (κ1) is 12.0. The average molecular weight is 276 g/mol. The van der Waals surface area contributed by atoms with Crippen molar-refractivity contribution in [2.45, 2.75) is 6.54 Å². The molecule has 4 nitrogen and oxygen atoms in total. The quantitative estimate of drug-likeness (QED) is 0.599. The van der Waals surface area contributed by atoms with E-state index in [-0.39, 0.29) is 0 Å². The number of benzene rings is 2. The Morgan fingerprint density at radius 1 is 1.19 bits per heavy atom. The maximum absolute atomic E-state index is 4.05. The van der Waals surface area contributed by atoms with Gasteiger partial charge in [-0.15, -0.1) is 0 Å². The fourth-order valence-corrected chi connectivity index (χ4v) is 2.81. The Morgan fingerprint density at radius 3 is 3.05 bits per heavy atom. The van der Waals surface area contributed by atoms with E-state index in [9.17, 15) is 0 Å². The second-order valence-corrected chi connectivity index (χ2v) is 5.31. The molecule has 0 radical (unpaired) electrons. The number of aromatic amines is 1. The number of nitrogens with one attached hydrogen (secondary N) is 2. The molecule has 4 rings (SSSR count). The minimum Gasteiger partial charge on any atom is -0.381 e. The van der Waals surface area contributed by atoms with Crippen LogP contribution in [0.5, 0.6) is 0 Å². The molecule has 0 fully saturated rings. The molecule has 0 spiro atoms. The van der Waals surface area contributed by atoms with E-state index in [0.717, 1.165) is 23.1 Å². The van der Waals surface area contributed by atoms with Crippen molar-refractivity contribution in [2.75, 3.05) is 5.32 Å². The number of rotatable bonds is 3. The van der Waals surface area contributed by atoms with E-state index in [0.29, 0.717) is 0 Å². The highest BCUT2D eigenvalue weighted by Crippen LogP contribution is 2.22. The Bertz CT molecular complexity index is 917. The zero-order valence-electron chi connectivity index (χ0n) is 11.8. The van der Waals surface area contributed by atoms with Gasteiger partial charge in [0.2, 0.25) is 0 Å². The Labute approximate surface area is 122 Å².